The van der Waals surface area contributed by atoms with E-state index in [2.05, 4.69) is 0 Å². The van der Waals surface area contributed by atoms with E-state index < -0.39 is 11.8 Å². The molecule has 0 bridgehead atoms. The molecular weight excluding hydrogens is 271 g/mol. The van der Waals surface area contributed by atoms with Crippen LogP contribution in [0.2, 0.25) is 0 Å². The maximum atomic E-state index is 13.9. The van der Waals surface area contributed by atoms with Crippen LogP contribution in [0.1, 0.15) is 27.9 Å². The Morgan fingerprint density at radius 1 is 1.14 bits per heavy atom. The number of fused-ring (bicyclic) bond motifs is 3. The first-order chi connectivity index (χ1) is 10.1. The Labute approximate surface area is 122 Å². The lowest BCUT2D eigenvalue weighted by atomic mass is 9.94. The third kappa shape index (κ3) is 2.37. The molecule has 0 heterocycles. The van der Waals surface area contributed by atoms with Gasteiger partial charge in [0.2, 0.25) is 0 Å². The molecule has 0 aromatic heterocycles. The van der Waals surface area contributed by atoms with Crippen molar-refractivity contribution in [1.82, 2.24) is 0 Å². The van der Waals surface area contributed by atoms with Gasteiger partial charge in [0.25, 0.3) is 0 Å². The van der Waals surface area contributed by atoms with Crippen molar-refractivity contribution in [1.29, 1.82) is 0 Å². The first-order valence-electron chi connectivity index (χ1n) is 6.83. The summed E-state index contributed by atoms with van der Waals surface area (Å²) in [5.41, 5.74) is 3.46. The number of carbonyl (C=O) groups is 1. The Morgan fingerprint density at radius 2 is 1.86 bits per heavy atom. The molecule has 4 heteroatoms. The minimum atomic E-state index is -1.24. The van der Waals surface area contributed by atoms with E-state index >= 15 is 0 Å². The molecule has 21 heavy (non-hydrogen) atoms. The third-order valence-electron chi connectivity index (χ3n) is 3.92. The van der Waals surface area contributed by atoms with Crippen LogP contribution in [0.25, 0.3) is 11.1 Å². The van der Waals surface area contributed by atoms with Crippen molar-refractivity contribution in [2.75, 3.05) is 7.11 Å². The van der Waals surface area contributed by atoms with E-state index in [1.807, 2.05) is 18.2 Å². The van der Waals surface area contributed by atoms with Crippen molar-refractivity contribution >= 4 is 5.97 Å². The van der Waals surface area contributed by atoms with Crippen molar-refractivity contribution < 1.29 is 19.0 Å². The zero-order valence-corrected chi connectivity index (χ0v) is 11.6. The van der Waals surface area contributed by atoms with Gasteiger partial charge in [0.15, 0.2) is 0 Å². The number of carboxylic acids is 1. The predicted octanol–water partition coefficient (Wildman–Crippen LogP) is 3.69. The van der Waals surface area contributed by atoms with Gasteiger partial charge in [-0.3, -0.25) is 0 Å². The van der Waals surface area contributed by atoms with Gasteiger partial charge < -0.3 is 9.84 Å². The Kier molecular flexibility index (Phi) is 3.37. The summed E-state index contributed by atoms with van der Waals surface area (Å²) in [4.78, 5) is 11.1. The Balaban J connectivity index is 2.23. The highest BCUT2D eigenvalue weighted by atomic mass is 19.1. The maximum absolute atomic E-state index is 13.9. The van der Waals surface area contributed by atoms with Crippen LogP contribution >= 0.6 is 0 Å². The fourth-order valence-electron chi connectivity index (χ4n) is 2.87. The molecule has 3 nitrogen and oxygen atoms in total. The van der Waals surface area contributed by atoms with E-state index in [9.17, 15) is 9.18 Å². The third-order valence-corrected chi connectivity index (χ3v) is 3.92. The second-order valence-electron chi connectivity index (χ2n) is 5.17. The molecule has 0 amide bonds. The highest BCUT2D eigenvalue weighted by Crippen LogP contribution is 2.35. The van der Waals surface area contributed by atoms with Crippen molar-refractivity contribution in [3.05, 3.63) is 52.8 Å². The smallest absolute Gasteiger partial charge is 0.338 e. The van der Waals surface area contributed by atoms with E-state index in [0.717, 1.165) is 47.3 Å². The SMILES string of the molecule is COc1ccc2c(c1)CCCc1cc(F)c(C(=O)O)cc1-2. The van der Waals surface area contributed by atoms with E-state index in [-0.39, 0.29) is 5.56 Å². The zero-order valence-electron chi connectivity index (χ0n) is 11.6. The van der Waals surface area contributed by atoms with Crippen LogP contribution in [-0.2, 0) is 12.8 Å². The minimum absolute atomic E-state index is 0.280. The van der Waals surface area contributed by atoms with E-state index in [0.29, 0.717) is 0 Å². The highest BCUT2D eigenvalue weighted by Gasteiger charge is 2.20. The summed E-state index contributed by atoms with van der Waals surface area (Å²) in [6, 6.07) is 8.54. The molecule has 0 aliphatic heterocycles. The fourth-order valence-corrected chi connectivity index (χ4v) is 2.87. The van der Waals surface area contributed by atoms with Crippen LogP contribution in [-0.4, -0.2) is 18.2 Å². The lowest BCUT2D eigenvalue weighted by molar-refractivity contribution is 0.0692. The first kappa shape index (κ1) is 13.6. The molecule has 1 N–H and O–H groups in total. The fraction of sp³-hybridized carbons (Fsp3) is 0.235. The van der Waals surface area contributed by atoms with Crippen LogP contribution < -0.4 is 4.74 Å². The number of hydrogen-bond acceptors (Lipinski definition) is 2. The maximum Gasteiger partial charge on any atom is 0.338 e. The number of carboxylic acid groups (broad SMARTS) is 1. The highest BCUT2D eigenvalue weighted by molar-refractivity contribution is 5.90. The topological polar surface area (TPSA) is 46.5 Å². The summed E-state index contributed by atoms with van der Waals surface area (Å²) in [5.74, 6) is -1.13. The molecule has 0 saturated carbocycles. The monoisotopic (exact) mass is 286 g/mol. The number of halogens is 1. The van der Waals surface area contributed by atoms with Crippen LogP contribution in [0.4, 0.5) is 4.39 Å². The summed E-state index contributed by atoms with van der Waals surface area (Å²) >= 11 is 0. The van der Waals surface area contributed by atoms with Crippen molar-refractivity contribution in [3.63, 3.8) is 0 Å². The number of benzene rings is 2. The Bertz CT molecular complexity index is 722. The average molecular weight is 286 g/mol. The molecule has 0 atom stereocenters. The largest absolute Gasteiger partial charge is 0.497 e. The summed E-state index contributed by atoms with van der Waals surface area (Å²) in [7, 11) is 1.62. The van der Waals surface area contributed by atoms with E-state index in [1.54, 1.807) is 7.11 Å². The number of aromatic carboxylic acids is 1. The summed E-state index contributed by atoms with van der Waals surface area (Å²) < 4.78 is 19.1. The Morgan fingerprint density at radius 3 is 2.52 bits per heavy atom. The number of aryl methyl sites for hydroxylation is 2. The van der Waals surface area contributed by atoms with Gasteiger partial charge in [0.1, 0.15) is 11.6 Å². The molecule has 1 aliphatic rings. The molecule has 0 radical (unpaired) electrons. The normalized spacial score (nSPS) is 13.0. The van der Waals surface area contributed by atoms with Crippen molar-refractivity contribution in [2.45, 2.75) is 19.3 Å². The van der Waals surface area contributed by atoms with E-state index in [1.165, 1.54) is 12.1 Å². The second-order valence-corrected chi connectivity index (χ2v) is 5.17. The van der Waals surface area contributed by atoms with Gasteiger partial charge in [0.05, 0.1) is 12.7 Å². The number of rotatable bonds is 2. The lowest BCUT2D eigenvalue weighted by Gasteiger charge is -2.12. The summed E-state index contributed by atoms with van der Waals surface area (Å²) in [6.45, 7) is 0. The van der Waals surface area contributed by atoms with Gasteiger partial charge >= 0.3 is 5.97 Å². The summed E-state index contributed by atoms with van der Waals surface area (Å²) in [5, 5.41) is 9.11. The number of hydrogen-bond donors (Lipinski definition) is 1. The Hall–Kier alpha value is -2.36. The van der Waals surface area contributed by atoms with Crippen molar-refractivity contribution in [3.8, 4) is 16.9 Å². The molecule has 2 aromatic carbocycles. The summed E-state index contributed by atoms with van der Waals surface area (Å²) in [6.07, 6.45) is 2.51. The number of methoxy groups -OCH3 is 1. The second kappa shape index (κ2) is 5.20. The molecular formula is C17H15FO3. The van der Waals surface area contributed by atoms with Crippen LogP contribution in [0.5, 0.6) is 5.75 Å². The van der Waals surface area contributed by atoms with Crippen molar-refractivity contribution in [2.24, 2.45) is 0 Å². The van der Waals surface area contributed by atoms with Gasteiger partial charge in [-0.1, -0.05) is 6.07 Å². The van der Waals surface area contributed by atoms with Gasteiger partial charge in [-0.15, -0.1) is 0 Å². The van der Waals surface area contributed by atoms with Crippen LogP contribution in [0.3, 0.4) is 0 Å². The molecule has 108 valence electrons. The molecule has 0 spiro atoms. The minimum Gasteiger partial charge on any atom is -0.497 e. The zero-order chi connectivity index (χ0) is 15.0. The molecule has 0 unspecified atom stereocenters. The van der Waals surface area contributed by atoms with Crippen LogP contribution in [0.15, 0.2) is 30.3 Å². The molecule has 2 aromatic rings. The number of ether oxygens (including phenoxy) is 1. The van der Waals surface area contributed by atoms with E-state index in [4.69, 9.17) is 9.84 Å². The predicted molar refractivity (Wildman–Crippen MR) is 77.4 cm³/mol. The average Bonchev–Trinajstić information content (AvgIpc) is 2.64. The van der Waals surface area contributed by atoms with Gasteiger partial charge in [0, 0.05) is 0 Å². The molecule has 1 aliphatic carbocycles. The standard InChI is InChI=1S/C17H15FO3/c1-21-12-5-6-13-10(7-12)3-2-4-11-8-16(18)15(17(19)20)9-14(11)13/h5-9H,2-4H2,1H3,(H,19,20). The molecule has 0 fully saturated rings. The van der Waals surface area contributed by atoms with Gasteiger partial charge in [-0.2, -0.15) is 0 Å². The van der Waals surface area contributed by atoms with Gasteiger partial charge in [-0.05, 0) is 65.8 Å². The quantitative estimate of drug-likeness (QED) is 0.916. The molecule has 0 saturated heterocycles. The van der Waals surface area contributed by atoms with Gasteiger partial charge in [-0.25, -0.2) is 9.18 Å². The lowest BCUT2D eigenvalue weighted by Crippen LogP contribution is -2.03. The molecule has 3 rings (SSSR count). The first-order valence-corrected chi connectivity index (χ1v) is 6.83. The van der Waals surface area contributed by atoms with Crippen LogP contribution in [0, 0.1) is 5.82 Å².